The van der Waals surface area contributed by atoms with E-state index in [9.17, 15) is 4.79 Å². The summed E-state index contributed by atoms with van der Waals surface area (Å²) in [5.74, 6) is 2.14. The van der Waals surface area contributed by atoms with Crippen molar-refractivity contribution < 1.29 is 4.79 Å². The van der Waals surface area contributed by atoms with E-state index in [4.69, 9.17) is 0 Å². The molecule has 0 bridgehead atoms. The van der Waals surface area contributed by atoms with Gasteiger partial charge in [-0.25, -0.2) is 0 Å². The van der Waals surface area contributed by atoms with Crippen molar-refractivity contribution in [1.82, 2.24) is 4.90 Å². The molecule has 0 aromatic carbocycles. The van der Waals surface area contributed by atoms with Crippen LogP contribution in [0.5, 0.6) is 0 Å². The fourth-order valence-corrected chi connectivity index (χ4v) is 3.00. The number of carbonyl (C=O) groups excluding carboxylic acids is 1. The SMILES string of the molecule is O=C(CN1CC2CC2C1)c1cccs1. The average molecular weight is 207 g/mol. The Morgan fingerprint density at radius 3 is 2.93 bits per heavy atom. The Bertz CT molecular complexity index is 336. The lowest BCUT2D eigenvalue weighted by atomic mass is 10.3. The molecule has 1 aromatic heterocycles. The van der Waals surface area contributed by atoms with Crippen LogP contribution in [0, 0.1) is 11.8 Å². The van der Waals surface area contributed by atoms with E-state index in [1.54, 1.807) is 11.3 Å². The number of rotatable bonds is 3. The Hall–Kier alpha value is -0.670. The van der Waals surface area contributed by atoms with Crippen molar-refractivity contribution in [1.29, 1.82) is 0 Å². The lowest BCUT2D eigenvalue weighted by Crippen LogP contribution is -2.28. The zero-order valence-electron chi connectivity index (χ0n) is 7.98. The Kier molecular flexibility index (Phi) is 1.96. The number of thiophene rings is 1. The molecule has 2 aliphatic rings. The predicted molar refractivity (Wildman–Crippen MR) is 56.7 cm³/mol. The van der Waals surface area contributed by atoms with E-state index >= 15 is 0 Å². The molecule has 74 valence electrons. The Labute approximate surface area is 87.5 Å². The maximum atomic E-state index is 11.8. The second kappa shape index (κ2) is 3.17. The second-order valence-corrected chi connectivity index (χ2v) is 5.30. The number of Topliss-reactive ketones (excluding diaryl/α,β-unsaturated/α-hetero) is 1. The minimum absolute atomic E-state index is 0.293. The molecule has 14 heavy (non-hydrogen) atoms. The van der Waals surface area contributed by atoms with Gasteiger partial charge in [0.15, 0.2) is 5.78 Å². The van der Waals surface area contributed by atoms with Crippen LogP contribution in [0.4, 0.5) is 0 Å². The number of carbonyl (C=O) groups is 1. The van der Waals surface area contributed by atoms with Crippen LogP contribution >= 0.6 is 11.3 Å². The zero-order valence-corrected chi connectivity index (χ0v) is 8.80. The molecule has 2 nitrogen and oxygen atoms in total. The Morgan fingerprint density at radius 1 is 1.50 bits per heavy atom. The summed E-state index contributed by atoms with van der Waals surface area (Å²) in [6.07, 6.45) is 1.41. The lowest BCUT2D eigenvalue weighted by Gasteiger charge is -2.15. The van der Waals surface area contributed by atoms with Gasteiger partial charge in [-0.15, -0.1) is 11.3 Å². The van der Waals surface area contributed by atoms with Gasteiger partial charge in [-0.1, -0.05) is 6.07 Å². The van der Waals surface area contributed by atoms with Crippen molar-refractivity contribution in [2.75, 3.05) is 19.6 Å². The summed E-state index contributed by atoms with van der Waals surface area (Å²) in [5, 5.41) is 1.97. The fraction of sp³-hybridized carbons (Fsp3) is 0.545. The van der Waals surface area contributed by atoms with Crippen molar-refractivity contribution in [2.24, 2.45) is 11.8 Å². The molecular formula is C11H13NOS. The summed E-state index contributed by atoms with van der Waals surface area (Å²) in [6, 6.07) is 3.86. The molecule has 2 fully saturated rings. The van der Waals surface area contributed by atoms with Gasteiger partial charge in [0, 0.05) is 13.1 Å². The van der Waals surface area contributed by atoms with Crippen LogP contribution in [0.1, 0.15) is 16.1 Å². The highest BCUT2D eigenvalue weighted by atomic mass is 32.1. The summed E-state index contributed by atoms with van der Waals surface area (Å²) < 4.78 is 0. The van der Waals surface area contributed by atoms with Gasteiger partial charge in [0.25, 0.3) is 0 Å². The molecule has 0 amide bonds. The summed E-state index contributed by atoms with van der Waals surface area (Å²) in [7, 11) is 0. The maximum absolute atomic E-state index is 11.8. The standard InChI is InChI=1S/C11H13NOS/c13-10(11-2-1-3-14-11)7-12-5-8-4-9(8)6-12/h1-3,8-9H,4-7H2. The van der Waals surface area contributed by atoms with E-state index < -0.39 is 0 Å². The van der Waals surface area contributed by atoms with E-state index in [-0.39, 0.29) is 0 Å². The normalized spacial score (nSPS) is 30.3. The first-order valence-electron chi connectivity index (χ1n) is 5.12. The van der Waals surface area contributed by atoms with Crippen LogP contribution in [0.25, 0.3) is 0 Å². The summed E-state index contributed by atoms with van der Waals surface area (Å²) in [4.78, 5) is 15.0. The number of nitrogens with zero attached hydrogens (tertiary/aromatic N) is 1. The molecule has 3 heteroatoms. The Balaban J connectivity index is 1.60. The summed E-state index contributed by atoms with van der Waals surface area (Å²) >= 11 is 1.55. The van der Waals surface area contributed by atoms with E-state index in [0.717, 1.165) is 29.8 Å². The van der Waals surface area contributed by atoms with Crippen LogP contribution in [-0.2, 0) is 0 Å². The van der Waals surface area contributed by atoms with E-state index in [1.807, 2.05) is 17.5 Å². The minimum Gasteiger partial charge on any atom is -0.295 e. The molecule has 1 saturated heterocycles. The monoisotopic (exact) mass is 207 g/mol. The van der Waals surface area contributed by atoms with Gasteiger partial charge in [0.1, 0.15) is 0 Å². The molecule has 0 spiro atoms. The van der Waals surface area contributed by atoms with Gasteiger partial charge in [-0.2, -0.15) is 0 Å². The van der Waals surface area contributed by atoms with E-state index in [2.05, 4.69) is 4.90 Å². The summed E-state index contributed by atoms with van der Waals surface area (Å²) in [6.45, 7) is 2.94. The molecule has 1 saturated carbocycles. The largest absolute Gasteiger partial charge is 0.295 e. The molecule has 1 aliphatic heterocycles. The molecular weight excluding hydrogens is 194 g/mol. The number of fused-ring (bicyclic) bond motifs is 1. The van der Waals surface area contributed by atoms with Gasteiger partial charge in [0.05, 0.1) is 11.4 Å². The molecule has 2 atom stereocenters. The van der Waals surface area contributed by atoms with Crippen LogP contribution in [0.3, 0.4) is 0 Å². The summed E-state index contributed by atoms with van der Waals surface area (Å²) in [5.41, 5.74) is 0. The van der Waals surface area contributed by atoms with Crippen molar-refractivity contribution >= 4 is 17.1 Å². The highest BCUT2D eigenvalue weighted by Crippen LogP contribution is 2.44. The van der Waals surface area contributed by atoms with E-state index in [0.29, 0.717) is 12.3 Å². The van der Waals surface area contributed by atoms with Gasteiger partial charge in [-0.05, 0) is 29.7 Å². The Morgan fingerprint density at radius 2 is 2.29 bits per heavy atom. The van der Waals surface area contributed by atoms with Crippen LogP contribution in [0.15, 0.2) is 17.5 Å². The molecule has 2 unspecified atom stereocenters. The lowest BCUT2D eigenvalue weighted by molar-refractivity contribution is 0.0943. The fourth-order valence-electron chi connectivity index (χ4n) is 2.34. The third-order valence-electron chi connectivity index (χ3n) is 3.22. The minimum atomic E-state index is 0.293. The highest BCUT2D eigenvalue weighted by Gasteiger charge is 2.45. The first-order valence-corrected chi connectivity index (χ1v) is 6.00. The molecule has 0 N–H and O–H groups in total. The van der Waals surface area contributed by atoms with Gasteiger partial charge in [0.2, 0.25) is 0 Å². The third kappa shape index (κ3) is 1.51. The topological polar surface area (TPSA) is 20.3 Å². The van der Waals surface area contributed by atoms with Crippen molar-refractivity contribution in [3.63, 3.8) is 0 Å². The molecule has 0 radical (unpaired) electrons. The average Bonchev–Trinajstić information content (AvgIpc) is 2.69. The second-order valence-electron chi connectivity index (χ2n) is 4.35. The van der Waals surface area contributed by atoms with Crippen molar-refractivity contribution in [3.8, 4) is 0 Å². The number of hydrogen-bond acceptors (Lipinski definition) is 3. The number of hydrogen-bond donors (Lipinski definition) is 0. The van der Waals surface area contributed by atoms with Crippen molar-refractivity contribution in [3.05, 3.63) is 22.4 Å². The van der Waals surface area contributed by atoms with Crippen molar-refractivity contribution in [2.45, 2.75) is 6.42 Å². The predicted octanol–water partition coefficient (Wildman–Crippen LogP) is 1.88. The molecule has 2 heterocycles. The quantitative estimate of drug-likeness (QED) is 0.705. The maximum Gasteiger partial charge on any atom is 0.186 e. The van der Waals surface area contributed by atoms with Crippen LogP contribution < -0.4 is 0 Å². The van der Waals surface area contributed by atoms with Crippen LogP contribution in [0.2, 0.25) is 0 Å². The van der Waals surface area contributed by atoms with Crippen LogP contribution in [-0.4, -0.2) is 30.3 Å². The number of ketones is 1. The van der Waals surface area contributed by atoms with Gasteiger partial charge < -0.3 is 0 Å². The van der Waals surface area contributed by atoms with Gasteiger partial charge in [-0.3, -0.25) is 9.69 Å². The smallest absolute Gasteiger partial charge is 0.186 e. The third-order valence-corrected chi connectivity index (χ3v) is 4.13. The molecule has 3 rings (SSSR count). The highest BCUT2D eigenvalue weighted by molar-refractivity contribution is 7.12. The first-order chi connectivity index (χ1) is 6.83. The molecule has 1 aliphatic carbocycles. The zero-order chi connectivity index (χ0) is 9.54. The number of likely N-dealkylation sites (tertiary alicyclic amines) is 1. The van der Waals surface area contributed by atoms with Gasteiger partial charge >= 0.3 is 0 Å². The van der Waals surface area contributed by atoms with E-state index in [1.165, 1.54) is 6.42 Å². The number of piperidine rings is 1. The first kappa shape index (κ1) is 8.62. The molecule has 1 aromatic rings.